The first-order chi connectivity index (χ1) is 21.9. The number of nitrogens with one attached hydrogen (secondary N) is 2. The summed E-state index contributed by atoms with van der Waals surface area (Å²) in [7, 11) is 0. The number of nitrogens with zero attached hydrogens (tertiary/aromatic N) is 3. The molecule has 2 aliphatic heterocycles. The maximum Gasteiger partial charge on any atom is 0.410 e. The predicted octanol–water partition coefficient (Wildman–Crippen LogP) is 4.98. The fourth-order valence-electron chi connectivity index (χ4n) is 6.43. The number of likely N-dealkylation sites (tertiary alicyclic amines) is 2. The Hall–Kier alpha value is -4.22. The van der Waals surface area contributed by atoms with Crippen LogP contribution in [0, 0.1) is 6.92 Å². The number of para-hydroxylation sites is 1. The number of pyridine rings is 1. The van der Waals surface area contributed by atoms with Crippen LogP contribution in [0.2, 0.25) is 0 Å². The van der Waals surface area contributed by atoms with Crippen LogP contribution in [0.5, 0.6) is 5.75 Å². The third-order valence-electron chi connectivity index (χ3n) is 8.73. The fraction of sp³-hybridized carbons (Fsp3) is 0.486. The van der Waals surface area contributed by atoms with Gasteiger partial charge in [-0.1, -0.05) is 18.2 Å². The topological polar surface area (TPSA) is 133 Å². The first kappa shape index (κ1) is 33.2. The van der Waals surface area contributed by atoms with E-state index < -0.39 is 17.0 Å². The van der Waals surface area contributed by atoms with Crippen LogP contribution in [0.25, 0.3) is 10.9 Å². The summed E-state index contributed by atoms with van der Waals surface area (Å²) in [6, 6.07) is 17.0. The number of hydrogen-bond donors (Lipinski definition) is 3. The largest absolute Gasteiger partial charge is 0.489 e. The van der Waals surface area contributed by atoms with E-state index in [4.69, 9.17) is 9.47 Å². The quantitative estimate of drug-likeness (QED) is 0.223. The lowest BCUT2D eigenvalue weighted by Crippen LogP contribution is -2.58. The number of carbonyl (C=O) groups excluding carboxylic acids is 3. The summed E-state index contributed by atoms with van der Waals surface area (Å²) in [5, 5.41) is 13.4. The van der Waals surface area contributed by atoms with Gasteiger partial charge in [-0.25, -0.2) is 10.3 Å². The molecule has 2 aliphatic rings. The molecule has 0 bridgehead atoms. The molecule has 11 heteroatoms. The number of amides is 3. The maximum atomic E-state index is 13.4. The van der Waals surface area contributed by atoms with E-state index in [0.717, 1.165) is 35.0 Å². The van der Waals surface area contributed by atoms with Crippen molar-refractivity contribution >= 4 is 28.8 Å². The second kappa shape index (κ2) is 14.0. The minimum atomic E-state index is -0.823. The van der Waals surface area contributed by atoms with E-state index in [9.17, 15) is 19.6 Å². The van der Waals surface area contributed by atoms with Crippen LogP contribution >= 0.6 is 0 Å². The zero-order valence-corrected chi connectivity index (χ0v) is 27.2. The van der Waals surface area contributed by atoms with Gasteiger partial charge in [-0.2, -0.15) is 0 Å². The molecule has 0 spiro atoms. The van der Waals surface area contributed by atoms with Gasteiger partial charge >= 0.3 is 6.09 Å². The van der Waals surface area contributed by atoms with Crippen LogP contribution in [0.1, 0.15) is 74.5 Å². The fourth-order valence-corrected chi connectivity index (χ4v) is 6.43. The molecule has 0 saturated carbocycles. The summed E-state index contributed by atoms with van der Waals surface area (Å²) >= 11 is 0. The molecule has 2 fully saturated rings. The van der Waals surface area contributed by atoms with E-state index in [1.54, 1.807) is 29.7 Å². The predicted molar refractivity (Wildman–Crippen MR) is 174 cm³/mol. The molecule has 2 saturated heterocycles. The summed E-state index contributed by atoms with van der Waals surface area (Å²) in [4.78, 5) is 47.2. The van der Waals surface area contributed by atoms with Gasteiger partial charge in [-0.05, 0) is 89.8 Å². The lowest BCUT2D eigenvalue weighted by Gasteiger charge is -2.43. The molecule has 0 unspecified atom stereocenters. The molecule has 0 aliphatic carbocycles. The van der Waals surface area contributed by atoms with Gasteiger partial charge < -0.3 is 24.6 Å². The van der Waals surface area contributed by atoms with Crippen molar-refractivity contribution in [1.82, 2.24) is 25.6 Å². The number of aromatic nitrogens is 1. The Morgan fingerprint density at radius 2 is 1.76 bits per heavy atom. The second-order valence-corrected chi connectivity index (χ2v) is 13.5. The highest BCUT2D eigenvalue weighted by atomic mass is 16.6. The zero-order chi connectivity index (χ0) is 32.9. The van der Waals surface area contributed by atoms with E-state index in [-0.39, 0.29) is 24.5 Å². The SMILES string of the molecule is Cc1cc(COc2ccc(C(=O)NC3(CC(=O)NO)CCN(C[C@H]4CCCN4C(=O)OC(C)(C)C)CC3)cc2)c2ccccc2n1. The van der Waals surface area contributed by atoms with Crippen molar-refractivity contribution in [1.29, 1.82) is 0 Å². The molecule has 0 radical (unpaired) electrons. The third kappa shape index (κ3) is 8.32. The molecule has 3 N–H and O–H groups in total. The molecular weight excluding hydrogens is 586 g/mol. The summed E-state index contributed by atoms with van der Waals surface area (Å²) in [6.45, 7) is 10.6. The molecule has 3 amide bonds. The van der Waals surface area contributed by atoms with Crippen LogP contribution < -0.4 is 15.5 Å². The van der Waals surface area contributed by atoms with Gasteiger partial charge in [0, 0.05) is 54.4 Å². The first-order valence-corrected chi connectivity index (χ1v) is 16.0. The van der Waals surface area contributed by atoms with Crippen LogP contribution in [0.15, 0.2) is 54.6 Å². The van der Waals surface area contributed by atoms with Crippen molar-refractivity contribution in [3.63, 3.8) is 0 Å². The molecule has 246 valence electrons. The minimum absolute atomic E-state index is 0.0446. The molecule has 3 aromatic rings. The molecular formula is C35H45N5O6. The molecule has 1 atom stereocenters. The highest BCUT2D eigenvalue weighted by molar-refractivity contribution is 5.95. The van der Waals surface area contributed by atoms with Gasteiger partial charge in [0.15, 0.2) is 0 Å². The Labute approximate surface area is 270 Å². The molecule has 46 heavy (non-hydrogen) atoms. The van der Waals surface area contributed by atoms with Gasteiger partial charge in [0.25, 0.3) is 5.91 Å². The average Bonchev–Trinajstić information content (AvgIpc) is 3.48. The summed E-state index contributed by atoms with van der Waals surface area (Å²) in [6.07, 6.45) is 2.54. The number of hydroxylamine groups is 1. The van der Waals surface area contributed by atoms with Crippen LogP contribution in [0.3, 0.4) is 0 Å². The lowest BCUT2D eigenvalue weighted by atomic mass is 9.83. The van der Waals surface area contributed by atoms with Crippen molar-refractivity contribution in [2.75, 3.05) is 26.2 Å². The summed E-state index contributed by atoms with van der Waals surface area (Å²) in [5.74, 6) is -0.221. The number of carbonyl (C=O) groups is 3. The van der Waals surface area contributed by atoms with E-state index in [0.29, 0.717) is 56.9 Å². The Balaban J connectivity index is 1.19. The van der Waals surface area contributed by atoms with Crippen molar-refractivity contribution in [3.05, 3.63) is 71.4 Å². The normalized spacial score (nSPS) is 18.3. The standard InChI is InChI=1S/C35H45N5O6/c1-24-20-26(29-9-5-6-10-30(29)36-24)23-45-28-13-11-25(12-14-28)32(42)37-35(21-31(41)38-44)15-18-39(19-16-35)22-27-8-7-17-40(27)33(43)46-34(2,3)4/h5-6,9-14,20,27,44H,7-8,15-19,21-23H2,1-4H3,(H,37,42)(H,38,41)/t27-/m1/s1. The number of ether oxygens (including phenoxy) is 2. The van der Waals surface area contributed by atoms with Crippen LogP contribution in [-0.4, -0.2) is 81.3 Å². The number of fused-ring (bicyclic) bond motifs is 1. The number of hydrogen-bond acceptors (Lipinski definition) is 8. The Morgan fingerprint density at radius 1 is 1.04 bits per heavy atom. The smallest absolute Gasteiger partial charge is 0.410 e. The number of rotatable bonds is 9. The van der Waals surface area contributed by atoms with E-state index in [2.05, 4.69) is 15.2 Å². The number of benzene rings is 2. The maximum absolute atomic E-state index is 13.4. The Morgan fingerprint density at radius 3 is 2.46 bits per heavy atom. The second-order valence-electron chi connectivity index (χ2n) is 13.5. The molecule has 1 aromatic heterocycles. The molecule has 5 rings (SSSR count). The van der Waals surface area contributed by atoms with Crippen LogP contribution in [0.4, 0.5) is 4.79 Å². The van der Waals surface area contributed by atoms with Gasteiger partial charge in [-0.3, -0.25) is 19.8 Å². The van der Waals surface area contributed by atoms with Gasteiger partial charge in [-0.15, -0.1) is 0 Å². The van der Waals surface area contributed by atoms with E-state index in [1.165, 1.54) is 0 Å². The summed E-state index contributed by atoms with van der Waals surface area (Å²) in [5.41, 5.74) is 3.67. The zero-order valence-electron chi connectivity index (χ0n) is 27.2. The van der Waals surface area contributed by atoms with Crippen molar-refractivity contribution in [2.45, 2.75) is 83.6 Å². The molecule has 11 nitrogen and oxygen atoms in total. The molecule has 3 heterocycles. The van der Waals surface area contributed by atoms with Crippen LogP contribution in [-0.2, 0) is 16.1 Å². The van der Waals surface area contributed by atoms with E-state index >= 15 is 0 Å². The summed E-state index contributed by atoms with van der Waals surface area (Å²) < 4.78 is 11.7. The number of aryl methyl sites for hydroxylation is 1. The third-order valence-corrected chi connectivity index (χ3v) is 8.73. The highest BCUT2D eigenvalue weighted by Gasteiger charge is 2.40. The average molecular weight is 632 g/mol. The highest BCUT2D eigenvalue weighted by Crippen LogP contribution is 2.29. The monoisotopic (exact) mass is 631 g/mol. The van der Waals surface area contributed by atoms with E-state index in [1.807, 2.05) is 62.9 Å². The molecule has 2 aromatic carbocycles. The Bertz CT molecular complexity index is 1550. The lowest BCUT2D eigenvalue weighted by molar-refractivity contribution is -0.131. The van der Waals surface area contributed by atoms with Gasteiger partial charge in [0.1, 0.15) is 18.0 Å². The first-order valence-electron chi connectivity index (χ1n) is 16.0. The van der Waals surface area contributed by atoms with Gasteiger partial charge in [0.2, 0.25) is 5.91 Å². The van der Waals surface area contributed by atoms with Gasteiger partial charge in [0.05, 0.1) is 17.5 Å². The minimum Gasteiger partial charge on any atom is -0.489 e. The Kier molecular flexibility index (Phi) is 10.1. The van der Waals surface area contributed by atoms with Crippen molar-refractivity contribution in [2.24, 2.45) is 0 Å². The number of piperidine rings is 1. The van der Waals surface area contributed by atoms with Crippen molar-refractivity contribution < 1.29 is 29.1 Å². The van der Waals surface area contributed by atoms with Crippen molar-refractivity contribution in [3.8, 4) is 5.75 Å².